The first kappa shape index (κ1) is 76.1. The molecule has 81 heavy (non-hydrogen) atoms. The molecule has 0 aromatic heterocycles. The van der Waals surface area contributed by atoms with Gasteiger partial charge in [-0.15, -0.1) is 0 Å². The summed E-state index contributed by atoms with van der Waals surface area (Å²) >= 11 is 0. The molecule has 11 nitrogen and oxygen atoms in total. The van der Waals surface area contributed by atoms with Gasteiger partial charge in [0, 0.05) is 6.42 Å². The van der Waals surface area contributed by atoms with E-state index >= 15 is 0 Å². The highest BCUT2D eigenvalue weighted by atomic mass is 16.7. The van der Waals surface area contributed by atoms with Crippen molar-refractivity contribution >= 4 is 11.9 Å². The third kappa shape index (κ3) is 45.2. The number of rotatable bonds is 57. The molecule has 0 aliphatic carbocycles. The number of esters is 1. The van der Waals surface area contributed by atoms with E-state index in [4.69, 9.17) is 14.2 Å². The Labute approximate surface area is 496 Å². The van der Waals surface area contributed by atoms with Crippen LogP contribution in [0.4, 0.5) is 0 Å². The number of hydrogen-bond donors (Lipinski definition) is 6. The molecule has 1 aliphatic heterocycles. The summed E-state index contributed by atoms with van der Waals surface area (Å²) in [6, 6.07) is -1.03. The van der Waals surface area contributed by atoms with Gasteiger partial charge in [-0.25, -0.2) is 0 Å². The molecule has 1 rings (SSSR count). The Hall–Kier alpha value is -2.90. The van der Waals surface area contributed by atoms with E-state index in [9.17, 15) is 35.1 Å². The minimum atomic E-state index is -1.62. The summed E-state index contributed by atoms with van der Waals surface area (Å²) in [6.45, 7) is 5.75. The van der Waals surface area contributed by atoms with Gasteiger partial charge in [0.25, 0.3) is 0 Å². The Bertz CT molecular complexity index is 1590. The number of carbonyl (C=O) groups excluding carboxylic acids is 2. The molecule has 1 aliphatic rings. The van der Waals surface area contributed by atoms with E-state index in [0.717, 1.165) is 103 Å². The van der Waals surface area contributed by atoms with Gasteiger partial charge in [0.2, 0.25) is 5.91 Å². The fourth-order valence-corrected chi connectivity index (χ4v) is 10.2. The zero-order valence-corrected chi connectivity index (χ0v) is 52.1. The van der Waals surface area contributed by atoms with Gasteiger partial charge in [0.1, 0.15) is 24.4 Å². The molecular weight excluding hydrogens is 1010 g/mol. The maximum atomic E-state index is 13.4. The third-order valence-electron chi connectivity index (χ3n) is 15.6. The Morgan fingerprint density at radius 1 is 0.481 bits per heavy atom. The number of amides is 1. The highest BCUT2D eigenvalue weighted by Crippen LogP contribution is 2.26. The standard InChI is InChI=1S/C70H125NO10/c1-4-7-10-13-16-19-22-25-27-29-30-31-32-33-34-35-37-40-43-46-49-52-55-58-65(75)81-68-67(77)66(76)64(59-72)80-70(68)79-60-61(62(73)56-53-50-47-44-41-38-24-21-18-15-12-9-6-3)71-69(78)63(74)57-54-51-48-45-42-39-36-28-26-23-20-17-14-11-8-5-2/h16-17,19-20,25-28,30-31,53,56,61-64,66-68,70,72-74,76-77H,4-15,18,21-24,29,32-52,54-55,57-60H2,1-3H3,(H,71,78)/b19-16-,20-17-,27-25-,28-26-,31-30-,56-53+. The average molecular weight is 1140 g/mol. The highest BCUT2D eigenvalue weighted by Gasteiger charge is 2.47. The van der Waals surface area contributed by atoms with Crippen molar-refractivity contribution < 1.29 is 49.3 Å². The Kier molecular flexibility index (Phi) is 54.1. The Balaban J connectivity index is 2.63. The van der Waals surface area contributed by atoms with E-state index < -0.39 is 67.4 Å². The molecule has 0 aromatic carbocycles. The van der Waals surface area contributed by atoms with Gasteiger partial charge >= 0.3 is 5.97 Å². The fraction of sp³-hybridized carbons (Fsp3) is 0.800. The fourth-order valence-electron chi connectivity index (χ4n) is 10.2. The average Bonchev–Trinajstić information content (AvgIpc) is 3.53. The largest absolute Gasteiger partial charge is 0.454 e. The topological polar surface area (TPSA) is 175 Å². The molecular formula is C70H125NO10. The number of allylic oxidation sites excluding steroid dienone is 11. The van der Waals surface area contributed by atoms with E-state index in [0.29, 0.717) is 12.8 Å². The van der Waals surface area contributed by atoms with E-state index in [1.807, 2.05) is 6.08 Å². The lowest BCUT2D eigenvalue weighted by atomic mass is 9.99. The van der Waals surface area contributed by atoms with Crippen LogP contribution in [-0.4, -0.2) is 99.6 Å². The van der Waals surface area contributed by atoms with E-state index in [-0.39, 0.29) is 19.4 Å². The number of aliphatic hydroxyl groups is 5. The summed E-state index contributed by atoms with van der Waals surface area (Å²) in [6.07, 6.45) is 63.6. The van der Waals surface area contributed by atoms with Crippen molar-refractivity contribution in [1.29, 1.82) is 0 Å². The van der Waals surface area contributed by atoms with Crippen molar-refractivity contribution in [3.63, 3.8) is 0 Å². The molecule has 1 amide bonds. The normalized spacial score (nSPS) is 19.1. The minimum absolute atomic E-state index is 0.116. The molecule has 6 N–H and O–H groups in total. The first-order chi connectivity index (χ1) is 39.7. The monoisotopic (exact) mass is 1140 g/mol. The Morgan fingerprint density at radius 3 is 1.30 bits per heavy atom. The summed E-state index contributed by atoms with van der Waals surface area (Å²) in [4.78, 5) is 26.6. The summed E-state index contributed by atoms with van der Waals surface area (Å²) in [5.74, 6) is -1.20. The molecule has 0 radical (unpaired) electrons. The minimum Gasteiger partial charge on any atom is -0.454 e. The summed E-state index contributed by atoms with van der Waals surface area (Å²) in [5.41, 5.74) is 0. The number of nitrogens with one attached hydrogen (secondary N) is 1. The molecule has 0 aromatic rings. The van der Waals surface area contributed by atoms with Crippen LogP contribution in [0.5, 0.6) is 0 Å². The second kappa shape index (κ2) is 57.5. The van der Waals surface area contributed by atoms with Crippen molar-refractivity contribution in [2.75, 3.05) is 13.2 Å². The maximum Gasteiger partial charge on any atom is 0.306 e. The van der Waals surface area contributed by atoms with E-state index in [2.05, 4.69) is 86.8 Å². The van der Waals surface area contributed by atoms with Crippen LogP contribution in [0.1, 0.15) is 297 Å². The van der Waals surface area contributed by atoms with Gasteiger partial charge in [-0.1, -0.05) is 267 Å². The predicted octanol–water partition coefficient (Wildman–Crippen LogP) is 16.7. The van der Waals surface area contributed by atoms with Gasteiger partial charge in [-0.2, -0.15) is 0 Å². The van der Waals surface area contributed by atoms with Crippen molar-refractivity contribution in [2.24, 2.45) is 0 Å². The maximum absolute atomic E-state index is 13.4. The zero-order chi connectivity index (χ0) is 58.9. The van der Waals surface area contributed by atoms with Crippen LogP contribution >= 0.6 is 0 Å². The van der Waals surface area contributed by atoms with Crippen molar-refractivity contribution in [3.8, 4) is 0 Å². The highest BCUT2D eigenvalue weighted by molar-refractivity contribution is 5.80. The van der Waals surface area contributed by atoms with E-state index in [1.54, 1.807) is 6.08 Å². The van der Waals surface area contributed by atoms with Crippen molar-refractivity contribution in [3.05, 3.63) is 72.9 Å². The van der Waals surface area contributed by atoms with Crippen LogP contribution in [0.2, 0.25) is 0 Å². The molecule has 8 atom stereocenters. The number of unbranched alkanes of at least 4 members (excludes halogenated alkanes) is 33. The Morgan fingerprint density at radius 2 is 0.852 bits per heavy atom. The third-order valence-corrected chi connectivity index (χ3v) is 15.6. The van der Waals surface area contributed by atoms with Crippen LogP contribution in [0, 0.1) is 0 Å². The molecule has 1 saturated heterocycles. The smallest absolute Gasteiger partial charge is 0.306 e. The number of aliphatic hydroxyl groups excluding tert-OH is 5. The molecule has 470 valence electrons. The summed E-state index contributed by atoms with van der Waals surface area (Å²) in [7, 11) is 0. The summed E-state index contributed by atoms with van der Waals surface area (Å²) < 4.78 is 17.7. The molecule has 11 heteroatoms. The SMILES string of the molecule is CCCCC/C=C\C/C=C\C/C=C\CCCCCCCCCCCCC(=O)OC1C(OCC(NC(=O)C(O)CCCCCCCC/C=C\C/C=C\CCCCC)C(O)/C=C/CCCCCCCCCCCCC)OC(CO)C(O)C1O. The molecule has 8 unspecified atom stereocenters. The van der Waals surface area contributed by atoms with Crippen molar-refractivity contribution in [2.45, 2.75) is 346 Å². The second-order valence-electron chi connectivity index (χ2n) is 23.2. The summed E-state index contributed by atoms with van der Waals surface area (Å²) in [5, 5.41) is 57.1. The van der Waals surface area contributed by atoms with Gasteiger partial charge in [0.15, 0.2) is 12.4 Å². The van der Waals surface area contributed by atoms with Gasteiger partial charge < -0.3 is 45.1 Å². The first-order valence-corrected chi connectivity index (χ1v) is 33.7. The number of carbonyl (C=O) groups is 2. The van der Waals surface area contributed by atoms with Crippen LogP contribution in [0.3, 0.4) is 0 Å². The lowest BCUT2D eigenvalue weighted by Crippen LogP contribution is -2.61. The molecule has 0 spiro atoms. The van der Waals surface area contributed by atoms with Crippen LogP contribution < -0.4 is 5.32 Å². The van der Waals surface area contributed by atoms with E-state index in [1.165, 1.54) is 148 Å². The lowest BCUT2D eigenvalue weighted by Gasteiger charge is -2.41. The molecule has 0 bridgehead atoms. The number of hydrogen-bond acceptors (Lipinski definition) is 10. The molecule has 0 saturated carbocycles. The van der Waals surface area contributed by atoms with Gasteiger partial charge in [0.05, 0.1) is 25.4 Å². The van der Waals surface area contributed by atoms with Gasteiger partial charge in [-0.3, -0.25) is 9.59 Å². The van der Waals surface area contributed by atoms with Crippen LogP contribution in [-0.2, 0) is 23.8 Å². The lowest BCUT2D eigenvalue weighted by molar-refractivity contribution is -0.305. The van der Waals surface area contributed by atoms with Gasteiger partial charge in [-0.05, 0) is 96.3 Å². The quantitative estimate of drug-likeness (QED) is 0.0195. The zero-order valence-electron chi connectivity index (χ0n) is 52.1. The van der Waals surface area contributed by atoms with Crippen LogP contribution in [0.25, 0.3) is 0 Å². The first-order valence-electron chi connectivity index (χ1n) is 33.7. The van der Waals surface area contributed by atoms with Crippen molar-refractivity contribution in [1.82, 2.24) is 5.32 Å². The molecule has 1 heterocycles. The predicted molar refractivity (Wildman–Crippen MR) is 338 cm³/mol. The second-order valence-corrected chi connectivity index (χ2v) is 23.2. The van der Waals surface area contributed by atoms with Crippen LogP contribution in [0.15, 0.2) is 72.9 Å². The molecule has 1 fully saturated rings. The number of ether oxygens (including phenoxy) is 3.